The fourth-order valence-electron chi connectivity index (χ4n) is 2.80. The Morgan fingerprint density at radius 3 is 2.15 bits per heavy atom. The number of hydrogen-bond donors (Lipinski definition) is 1. The molecule has 5 heteroatoms. The van der Waals surface area contributed by atoms with Crippen molar-refractivity contribution in [3.05, 3.63) is 35.6 Å². The highest BCUT2D eigenvalue weighted by molar-refractivity contribution is 5.75. The van der Waals surface area contributed by atoms with Crippen LogP contribution in [-0.2, 0) is 15.1 Å². The molecule has 1 saturated heterocycles. The lowest BCUT2D eigenvalue weighted by molar-refractivity contribution is -0.131. The summed E-state index contributed by atoms with van der Waals surface area (Å²) in [7, 11) is 0. The molecule has 2 amide bonds. The van der Waals surface area contributed by atoms with E-state index in [1.807, 2.05) is 0 Å². The highest BCUT2D eigenvalue weighted by Gasteiger charge is 2.37. The molecule has 4 nitrogen and oxygen atoms in total. The number of nitrogens with zero attached hydrogens (tertiary/aromatic N) is 1. The van der Waals surface area contributed by atoms with E-state index < -0.39 is 5.54 Å². The second-order valence-corrected chi connectivity index (χ2v) is 5.28. The minimum atomic E-state index is -0.508. The van der Waals surface area contributed by atoms with Crippen molar-refractivity contribution in [1.82, 2.24) is 10.2 Å². The van der Waals surface area contributed by atoms with Crippen molar-refractivity contribution in [3.8, 4) is 0 Å². The molecule has 108 valence electrons. The van der Waals surface area contributed by atoms with Crippen molar-refractivity contribution in [3.63, 3.8) is 0 Å². The first-order valence-corrected chi connectivity index (χ1v) is 6.73. The van der Waals surface area contributed by atoms with Crippen LogP contribution < -0.4 is 5.32 Å². The summed E-state index contributed by atoms with van der Waals surface area (Å²) in [6, 6.07) is 6.20. The Morgan fingerprint density at radius 1 is 1.15 bits per heavy atom. The molecule has 0 atom stereocenters. The van der Waals surface area contributed by atoms with Gasteiger partial charge in [-0.05, 0) is 30.5 Å². The predicted molar refractivity (Wildman–Crippen MR) is 73.4 cm³/mol. The first kappa shape index (κ1) is 14.5. The molecule has 0 radical (unpaired) electrons. The summed E-state index contributed by atoms with van der Waals surface area (Å²) in [6.45, 7) is 4.20. The Hall–Kier alpha value is -1.91. The zero-order valence-electron chi connectivity index (χ0n) is 11.8. The number of hydrogen-bond acceptors (Lipinski definition) is 2. The van der Waals surface area contributed by atoms with Gasteiger partial charge in [-0.3, -0.25) is 9.59 Å². The van der Waals surface area contributed by atoms with Gasteiger partial charge in [0, 0.05) is 26.9 Å². The second-order valence-electron chi connectivity index (χ2n) is 5.28. The molecule has 0 aliphatic carbocycles. The van der Waals surface area contributed by atoms with Crippen molar-refractivity contribution in [2.24, 2.45) is 0 Å². The van der Waals surface area contributed by atoms with Gasteiger partial charge in [-0.25, -0.2) is 4.39 Å². The van der Waals surface area contributed by atoms with Crippen LogP contribution >= 0.6 is 0 Å². The molecule has 1 aliphatic heterocycles. The van der Waals surface area contributed by atoms with Crippen molar-refractivity contribution in [2.75, 3.05) is 13.1 Å². The second kappa shape index (κ2) is 5.61. The van der Waals surface area contributed by atoms with Crippen LogP contribution in [-0.4, -0.2) is 29.8 Å². The van der Waals surface area contributed by atoms with Gasteiger partial charge < -0.3 is 10.2 Å². The molecule has 1 N–H and O–H groups in total. The van der Waals surface area contributed by atoms with E-state index in [1.165, 1.54) is 19.1 Å². The van der Waals surface area contributed by atoms with Gasteiger partial charge in [0.1, 0.15) is 5.82 Å². The van der Waals surface area contributed by atoms with E-state index in [1.54, 1.807) is 24.0 Å². The Labute approximate surface area is 118 Å². The van der Waals surface area contributed by atoms with Crippen LogP contribution in [0.3, 0.4) is 0 Å². The summed E-state index contributed by atoms with van der Waals surface area (Å²) < 4.78 is 13.1. The Kier molecular flexibility index (Phi) is 4.06. The fraction of sp³-hybridized carbons (Fsp3) is 0.467. The van der Waals surface area contributed by atoms with Gasteiger partial charge in [-0.1, -0.05) is 12.1 Å². The minimum absolute atomic E-state index is 0.0422. The van der Waals surface area contributed by atoms with Gasteiger partial charge in [0.05, 0.1) is 5.54 Å². The van der Waals surface area contributed by atoms with E-state index in [4.69, 9.17) is 0 Å². The van der Waals surface area contributed by atoms with Gasteiger partial charge in [-0.2, -0.15) is 0 Å². The predicted octanol–water partition coefficient (Wildman–Crippen LogP) is 1.80. The molecule has 0 saturated carbocycles. The first-order valence-electron chi connectivity index (χ1n) is 6.73. The molecular weight excluding hydrogens is 259 g/mol. The third-order valence-corrected chi connectivity index (χ3v) is 3.87. The molecule has 0 aromatic heterocycles. The largest absolute Gasteiger partial charge is 0.347 e. The molecular formula is C15H19FN2O2. The zero-order chi connectivity index (χ0) is 14.8. The number of carbonyl (C=O) groups is 2. The van der Waals surface area contributed by atoms with Crippen LogP contribution in [0.5, 0.6) is 0 Å². The molecule has 1 heterocycles. The lowest BCUT2D eigenvalue weighted by Crippen LogP contribution is -2.53. The standard InChI is InChI=1S/C15H19FN2O2/c1-11(19)17-15(13-3-5-14(16)6-4-13)7-9-18(10-8-15)12(2)20/h3-6H,7-10H2,1-2H3,(H,17,19). The number of amides is 2. The Morgan fingerprint density at radius 2 is 1.70 bits per heavy atom. The quantitative estimate of drug-likeness (QED) is 0.896. The van der Waals surface area contributed by atoms with Gasteiger partial charge in [0.25, 0.3) is 0 Å². The Bertz CT molecular complexity index is 505. The summed E-state index contributed by atoms with van der Waals surface area (Å²) in [6.07, 6.45) is 1.27. The normalized spacial score (nSPS) is 17.6. The third-order valence-electron chi connectivity index (χ3n) is 3.87. The maximum Gasteiger partial charge on any atom is 0.219 e. The van der Waals surface area contributed by atoms with E-state index in [9.17, 15) is 14.0 Å². The van der Waals surface area contributed by atoms with Crippen LogP contribution in [0.2, 0.25) is 0 Å². The van der Waals surface area contributed by atoms with Gasteiger partial charge in [-0.15, -0.1) is 0 Å². The van der Waals surface area contributed by atoms with Gasteiger partial charge >= 0.3 is 0 Å². The summed E-state index contributed by atoms with van der Waals surface area (Å²) in [5.41, 5.74) is 0.378. The van der Waals surface area contributed by atoms with Crippen molar-refractivity contribution in [2.45, 2.75) is 32.2 Å². The topological polar surface area (TPSA) is 49.4 Å². The van der Waals surface area contributed by atoms with Crippen molar-refractivity contribution < 1.29 is 14.0 Å². The molecule has 1 aromatic carbocycles. The number of rotatable bonds is 2. The van der Waals surface area contributed by atoms with Crippen LogP contribution in [0.1, 0.15) is 32.3 Å². The number of halogens is 1. The van der Waals surface area contributed by atoms with Crippen LogP contribution in [0.4, 0.5) is 4.39 Å². The number of piperidine rings is 1. The summed E-state index contributed by atoms with van der Waals surface area (Å²) in [5, 5.41) is 2.99. The van der Waals surface area contributed by atoms with Crippen LogP contribution in [0.25, 0.3) is 0 Å². The average Bonchev–Trinajstić information content (AvgIpc) is 2.39. The molecule has 1 aliphatic rings. The first-order chi connectivity index (χ1) is 9.43. The maximum absolute atomic E-state index is 13.1. The van der Waals surface area contributed by atoms with Crippen LogP contribution in [0.15, 0.2) is 24.3 Å². The lowest BCUT2D eigenvalue weighted by Gasteiger charge is -2.42. The maximum atomic E-state index is 13.1. The molecule has 1 aromatic rings. The molecule has 0 unspecified atom stereocenters. The molecule has 2 rings (SSSR count). The van der Waals surface area contributed by atoms with Crippen molar-refractivity contribution in [1.29, 1.82) is 0 Å². The van der Waals surface area contributed by atoms with E-state index in [-0.39, 0.29) is 17.6 Å². The highest BCUT2D eigenvalue weighted by Crippen LogP contribution is 2.33. The summed E-state index contributed by atoms with van der Waals surface area (Å²) in [5.74, 6) is -0.376. The van der Waals surface area contributed by atoms with Crippen LogP contribution in [0, 0.1) is 5.82 Å². The third kappa shape index (κ3) is 2.98. The number of likely N-dealkylation sites (tertiary alicyclic amines) is 1. The van der Waals surface area contributed by atoms with Gasteiger partial charge in [0.15, 0.2) is 0 Å². The zero-order valence-corrected chi connectivity index (χ0v) is 11.8. The lowest BCUT2D eigenvalue weighted by atomic mass is 9.80. The monoisotopic (exact) mass is 278 g/mol. The van der Waals surface area contributed by atoms with E-state index >= 15 is 0 Å². The molecule has 20 heavy (non-hydrogen) atoms. The minimum Gasteiger partial charge on any atom is -0.347 e. The van der Waals surface area contributed by atoms with E-state index in [2.05, 4.69) is 5.32 Å². The smallest absolute Gasteiger partial charge is 0.219 e. The summed E-state index contributed by atoms with van der Waals surface area (Å²) in [4.78, 5) is 24.7. The average molecular weight is 278 g/mol. The number of carbonyl (C=O) groups excluding carboxylic acids is 2. The number of nitrogens with one attached hydrogen (secondary N) is 1. The van der Waals surface area contributed by atoms with Gasteiger partial charge in [0.2, 0.25) is 11.8 Å². The van der Waals surface area contributed by atoms with E-state index in [0.29, 0.717) is 25.9 Å². The molecule has 0 bridgehead atoms. The van der Waals surface area contributed by atoms with Crippen molar-refractivity contribution >= 4 is 11.8 Å². The molecule has 1 fully saturated rings. The number of benzene rings is 1. The SMILES string of the molecule is CC(=O)NC1(c2ccc(F)cc2)CCN(C(C)=O)CC1. The van der Waals surface area contributed by atoms with E-state index in [0.717, 1.165) is 5.56 Å². The molecule has 0 spiro atoms. The highest BCUT2D eigenvalue weighted by atomic mass is 19.1. The summed E-state index contributed by atoms with van der Waals surface area (Å²) >= 11 is 0. The Balaban J connectivity index is 2.26. The fourth-order valence-corrected chi connectivity index (χ4v) is 2.80.